The third kappa shape index (κ3) is 5.50. The molecule has 0 bridgehead atoms. The predicted molar refractivity (Wildman–Crippen MR) is 91.7 cm³/mol. The minimum atomic E-state index is -0.0451. The van der Waals surface area contributed by atoms with Gasteiger partial charge in [-0.2, -0.15) is 0 Å². The summed E-state index contributed by atoms with van der Waals surface area (Å²) < 4.78 is 5.70. The summed E-state index contributed by atoms with van der Waals surface area (Å²) in [4.78, 5) is 12.2. The van der Waals surface area contributed by atoms with Crippen LogP contribution in [0.3, 0.4) is 0 Å². The Morgan fingerprint density at radius 1 is 1.32 bits per heavy atom. The minimum Gasteiger partial charge on any atom is -0.491 e. The maximum atomic E-state index is 12.2. The third-order valence-electron chi connectivity index (χ3n) is 3.72. The standard InChI is InChI=1S/C17H26N2O2.ClH/c1-12(2)21-15-8-6-7-14(11-15)13(3)19-17(20)16-9-4-5-10-18-16;/h6-8,11-13,16,18H,4-5,9-10H2,1-3H3,(H,19,20);1H/t13?,16-;/m1./s1. The topological polar surface area (TPSA) is 50.4 Å². The number of benzene rings is 1. The maximum Gasteiger partial charge on any atom is 0.237 e. The zero-order chi connectivity index (χ0) is 15.2. The number of rotatable bonds is 5. The lowest BCUT2D eigenvalue weighted by Crippen LogP contribution is -2.47. The first-order chi connectivity index (χ1) is 10.1. The van der Waals surface area contributed by atoms with Crippen molar-refractivity contribution in [1.82, 2.24) is 10.6 Å². The van der Waals surface area contributed by atoms with Crippen LogP contribution in [0.1, 0.15) is 51.6 Å². The lowest BCUT2D eigenvalue weighted by Gasteiger charge is -2.25. The normalized spacial score (nSPS) is 19.2. The number of hydrogen-bond donors (Lipinski definition) is 2. The molecule has 0 aromatic heterocycles. The molecule has 1 aliphatic rings. The highest BCUT2D eigenvalue weighted by Gasteiger charge is 2.22. The van der Waals surface area contributed by atoms with Crippen LogP contribution in [0.15, 0.2) is 24.3 Å². The van der Waals surface area contributed by atoms with Crippen molar-refractivity contribution in [2.45, 2.75) is 58.2 Å². The number of nitrogens with one attached hydrogen (secondary N) is 2. The van der Waals surface area contributed by atoms with Gasteiger partial charge < -0.3 is 15.4 Å². The van der Waals surface area contributed by atoms with Gasteiger partial charge in [0.2, 0.25) is 5.91 Å². The SMILES string of the molecule is CC(C)Oc1cccc(C(C)NC(=O)[C@H]2CCCCN2)c1.Cl. The monoisotopic (exact) mass is 326 g/mol. The number of carbonyl (C=O) groups is 1. The first-order valence-electron chi connectivity index (χ1n) is 7.86. The molecule has 2 atom stereocenters. The van der Waals surface area contributed by atoms with E-state index in [9.17, 15) is 4.79 Å². The molecule has 0 spiro atoms. The molecule has 1 unspecified atom stereocenters. The van der Waals surface area contributed by atoms with E-state index in [0.29, 0.717) is 0 Å². The largest absolute Gasteiger partial charge is 0.491 e. The van der Waals surface area contributed by atoms with Crippen LogP contribution < -0.4 is 15.4 Å². The van der Waals surface area contributed by atoms with Gasteiger partial charge >= 0.3 is 0 Å². The average molecular weight is 327 g/mol. The summed E-state index contributed by atoms with van der Waals surface area (Å²) in [5, 5.41) is 6.37. The Labute approximate surface area is 139 Å². The molecule has 2 N–H and O–H groups in total. The molecule has 5 heteroatoms. The van der Waals surface area contributed by atoms with Gasteiger partial charge in [0.05, 0.1) is 18.2 Å². The first kappa shape index (κ1) is 18.8. The van der Waals surface area contributed by atoms with Crippen LogP contribution in [0, 0.1) is 0 Å². The molecular weight excluding hydrogens is 300 g/mol. The molecule has 2 rings (SSSR count). The van der Waals surface area contributed by atoms with Crippen molar-refractivity contribution >= 4 is 18.3 Å². The van der Waals surface area contributed by atoms with Crippen molar-refractivity contribution in [1.29, 1.82) is 0 Å². The molecule has 1 aromatic rings. The summed E-state index contributed by atoms with van der Waals surface area (Å²) in [5.74, 6) is 0.941. The van der Waals surface area contributed by atoms with Crippen LogP contribution >= 0.6 is 12.4 Å². The van der Waals surface area contributed by atoms with Crippen LogP contribution in [0.5, 0.6) is 5.75 Å². The van der Waals surface area contributed by atoms with E-state index >= 15 is 0 Å². The maximum absolute atomic E-state index is 12.2. The Bertz CT molecular complexity index is 473. The molecule has 1 saturated heterocycles. The number of hydrogen-bond acceptors (Lipinski definition) is 3. The van der Waals surface area contributed by atoms with E-state index < -0.39 is 0 Å². The highest BCUT2D eigenvalue weighted by Crippen LogP contribution is 2.20. The van der Waals surface area contributed by atoms with Crippen LogP contribution in [0.2, 0.25) is 0 Å². The van der Waals surface area contributed by atoms with Gasteiger partial charge in [-0.05, 0) is 57.9 Å². The zero-order valence-electron chi connectivity index (χ0n) is 13.6. The Hall–Kier alpha value is -1.26. The molecule has 0 radical (unpaired) electrons. The van der Waals surface area contributed by atoms with Gasteiger partial charge in [-0.25, -0.2) is 0 Å². The lowest BCUT2D eigenvalue weighted by atomic mass is 10.0. The fraction of sp³-hybridized carbons (Fsp3) is 0.588. The van der Waals surface area contributed by atoms with Crippen molar-refractivity contribution in [3.8, 4) is 5.75 Å². The Kier molecular flexibility index (Phi) is 7.69. The molecule has 0 aliphatic carbocycles. The van der Waals surface area contributed by atoms with Gasteiger partial charge in [-0.3, -0.25) is 4.79 Å². The molecule has 0 saturated carbocycles. The van der Waals surface area contributed by atoms with Gasteiger partial charge in [0.1, 0.15) is 5.75 Å². The average Bonchev–Trinajstić information content (AvgIpc) is 2.47. The van der Waals surface area contributed by atoms with Crippen molar-refractivity contribution < 1.29 is 9.53 Å². The van der Waals surface area contributed by atoms with Gasteiger partial charge in [0.15, 0.2) is 0 Å². The summed E-state index contributed by atoms with van der Waals surface area (Å²) >= 11 is 0. The Morgan fingerprint density at radius 2 is 2.09 bits per heavy atom. The summed E-state index contributed by atoms with van der Waals surface area (Å²) in [6, 6.07) is 7.87. The summed E-state index contributed by atoms with van der Waals surface area (Å²) in [6.07, 6.45) is 3.36. The van der Waals surface area contributed by atoms with Gasteiger partial charge in [0.25, 0.3) is 0 Å². The van der Waals surface area contributed by atoms with Crippen LogP contribution in [0.25, 0.3) is 0 Å². The lowest BCUT2D eigenvalue weighted by molar-refractivity contribution is -0.124. The molecule has 1 aromatic carbocycles. The minimum absolute atomic E-state index is 0. The molecular formula is C17H27ClN2O2. The van der Waals surface area contributed by atoms with E-state index in [1.165, 1.54) is 0 Å². The number of carbonyl (C=O) groups excluding carboxylic acids is 1. The highest BCUT2D eigenvalue weighted by atomic mass is 35.5. The van der Waals surface area contributed by atoms with E-state index in [1.54, 1.807) is 0 Å². The van der Waals surface area contributed by atoms with Crippen LogP contribution in [-0.4, -0.2) is 24.6 Å². The molecule has 1 heterocycles. The quantitative estimate of drug-likeness (QED) is 0.873. The fourth-order valence-electron chi connectivity index (χ4n) is 2.60. The fourth-order valence-corrected chi connectivity index (χ4v) is 2.60. The summed E-state index contributed by atoms with van der Waals surface area (Å²) in [7, 11) is 0. The number of halogens is 1. The van der Waals surface area contributed by atoms with Crippen LogP contribution in [-0.2, 0) is 4.79 Å². The second-order valence-corrected chi connectivity index (χ2v) is 5.97. The first-order valence-corrected chi connectivity index (χ1v) is 7.86. The highest BCUT2D eigenvalue weighted by molar-refractivity contribution is 5.85. The molecule has 124 valence electrons. The van der Waals surface area contributed by atoms with Crippen LogP contribution in [0.4, 0.5) is 0 Å². The zero-order valence-corrected chi connectivity index (χ0v) is 14.4. The Morgan fingerprint density at radius 3 is 2.73 bits per heavy atom. The second kappa shape index (κ2) is 9.01. The van der Waals surface area contributed by atoms with E-state index in [4.69, 9.17) is 4.74 Å². The van der Waals surface area contributed by atoms with E-state index in [0.717, 1.165) is 37.1 Å². The summed E-state index contributed by atoms with van der Waals surface area (Å²) in [5.41, 5.74) is 1.07. The molecule has 22 heavy (non-hydrogen) atoms. The van der Waals surface area contributed by atoms with Gasteiger partial charge in [-0.15, -0.1) is 12.4 Å². The molecule has 1 fully saturated rings. The number of ether oxygens (including phenoxy) is 1. The van der Waals surface area contributed by atoms with Crippen molar-refractivity contribution in [2.75, 3.05) is 6.54 Å². The predicted octanol–water partition coefficient (Wildman–Crippen LogP) is 3.21. The van der Waals surface area contributed by atoms with Crippen molar-refractivity contribution in [3.63, 3.8) is 0 Å². The van der Waals surface area contributed by atoms with E-state index in [1.807, 2.05) is 45.0 Å². The second-order valence-electron chi connectivity index (χ2n) is 5.97. The van der Waals surface area contributed by atoms with Gasteiger partial charge in [-0.1, -0.05) is 18.6 Å². The molecule has 1 amide bonds. The van der Waals surface area contributed by atoms with E-state index in [2.05, 4.69) is 10.6 Å². The molecule has 4 nitrogen and oxygen atoms in total. The smallest absolute Gasteiger partial charge is 0.237 e. The number of piperidine rings is 1. The summed E-state index contributed by atoms with van der Waals surface area (Å²) in [6.45, 7) is 6.96. The number of amides is 1. The Balaban J connectivity index is 0.00000242. The van der Waals surface area contributed by atoms with Crippen molar-refractivity contribution in [2.24, 2.45) is 0 Å². The van der Waals surface area contributed by atoms with Crippen molar-refractivity contribution in [3.05, 3.63) is 29.8 Å². The van der Waals surface area contributed by atoms with Gasteiger partial charge in [0, 0.05) is 0 Å². The third-order valence-corrected chi connectivity index (χ3v) is 3.72. The molecule has 1 aliphatic heterocycles. The van der Waals surface area contributed by atoms with E-state index in [-0.39, 0.29) is 36.5 Å².